The number of ether oxygens (including phenoxy) is 2. The molecule has 2 rings (SSSR count). The molecule has 2 aromatic carbocycles. The molecule has 0 bridgehead atoms. The number of carbonyl (C=O) groups is 1. The van der Waals surface area contributed by atoms with Crippen molar-refractivity contribution in [1.29, 1.82) is 0 Å². The van der Waals surface area contributed by atoms with Gasteiger partial charge in [-0.1, -0.05) is 84.0 Å². The summed E-state index contributed by atoms with van der Waals surface area (Å²) in [5, 5.41) is 3.55. The summed E-state index contributed by atoms with van der Waals surface area (Å²) in [4.78, 5) is 10.4. The number of esters is 1. The molecule has 2 aromatic rings. The first-order valence-electron chi connectivity index (χ1n) is 12.1. The third-order valence-corrected chi connectivity index (χ3v) is 4.74. The van der Waals surface area contributed by atoms with E-state index in [0.717, 1.165) is 37.3 Å². The fourth-order valence-corrected chi connectivity index (χ4v) is 2.83. The highest BCUT2D eigenvalue weighted by molar-refractivity contribution is 5.65. The van der Waals surface area contributed by atoms with E-state index in [1.807, 2.05) is 44.2 Å². The van der Waals surface area contributed by atoms with E-state index in [4.69, 9.17) is 9.47 Å². The van der Waals surface area contributed by atoms with Crippen molar-refractivity contribution in [2.24, 2.45) is 0 Å². The molecule has 0 saturated carbocycles. The minimum absolute atomic E-state index is 0.242. The molecule has 0 aliphatic heterocycles. The fraction of sp³-hybridized carbons (Fsp3) is 0.536. The molecule has 1 N–H and O–H groups in total. The number of nitrogens with one attached hydrogen (secondary N) is 1. The summed E-state index contributed by atoms with van der Waals surface area (Å²) in [6.07, 6.45) is 3.42. The number of carbonyl (C=O) groups excluding carboxylic acids is 1. The van der Waals surface area contributed by atoms with Gasteiger partial charge in [-0.15, -0.1) is 0 Å². The lowest BCUT2D eigenvalue weighted by molar-refractivity contribution is -0.142. The summed E-state index contributed by atoms with van der Waals surface area (Å²) in [5.41, 5.74) is 2.38. The van der Waals surface area contributed by atoms with Crippen molar-refractivity contribution in [3.63, 3.8) is 0 Å². The zero-order valence-electron chi connectivity index (χ0n) is 21.3. The van der Waals surface area contributed by atoms with Gasteiger partial charge in [0, 0.05) is 13.0 Å². The van der Waals surface area contributed by atoms with Crippen LogP contribution in [-0.4, -0.2) is 25.2 Å². The van der Waals surface area contributed by atoms with E-state index in [2.05, 4.69) is 57.3 Å². The second kappa shape index (κ2) is 19.4. The first kappa shape index (κ1) is 29.7. The van der Waals surface area contributed by atoms with Gasteiger partial charge in [0.25, 0.3) is 0 Å². The van der Waals surface area contributed by atoms with Gasteiger partial charge in [0.2, 0.25) is 0 Å². The maximum Gasteiger partial charge on any atom is 0.302 e. The van der Waals surface area contributed by atoms with E-state index in [-0.39, 0.29) is 5.97 Å². The van der Waals surface area contributed by atoms with Gasteiger partial charge < -0.3 is 14.8 Å². The summed E-state index contributed by atoms with van der Waals surface area (Å²) < 4.78 is 10.6. The summed E-state index contributed by atoms with van der Waals surface area (Å²) in [5.74, 6) is 1.32. The van der Waals surface area contributed by atoms with Crippen LogP contribution in [0.15, 0.2) is 54.6 Å². The lowest BCUT2D eigenvalue weighted by atomic mass is 10.0. The van der Waals surface area contributed by atoms with Gasteiger partial charge in [0.15, 0.2) is 0 Å². The van der Waals surface area contributed by atoms with E-state index >= 15 is 0 Å². The summed E-state index contributed by atoms with van der Waals surface area (Å²) in [7, 11) is 0. The number of benzene rings is 2. The van der Waals surface area contributed by atoms with Crippen molar-refractivity contribution < 1.29 is 14.3 Å². The van der Waals surface area contributed by atoms with E-state index in [1.54, 1.807) is 0 Å². The molecule has 0 heterocycles. The fourth-order valence-electron chi connectivity index (χ4n) is 2.83. The summed E-state index contributed by atoms with van der Waals surface area (Å²) >= 11 is 0. The Balaban J connectivity index is 0.000000626. The van der Waals surface area contributed by atoms with Crippen molar-refractivity contribution in [3.05, 3.63) is 65.7 Å². The van der Waals surface area contributed by atoms with Crippen molar-refractivity contribution >= 4 is 5.97 Å². The first-order chi connectivity index (χ1) is 15.5. The Kier molecular flexibility index (Phi) is 18.0. The average Bonchev–Trinajstić information content (AvgIpc) is 2.82. The molecule has 0 spiro atoms. The van der Waals surface area contributed by atoms with E-state index in [9.17, 15) is 4.79 Å². The van der Waals surface area contributed by atoms with Crippen LogP contribution in [0.5, 0.6) is 5.75 Å². The molecule has 0 saturated heterocycles. The number of rotatable bonds is 11. The molecule has 4 nitrogen and oxygen atoms in total. The third-order valence-electron chi connectivity index (χ3n) is 4.74. The molecule has 0 aromatic heterocycles. The zero-order chi connectivity index (χ0) is 24.2. The predicted octanol–water partition coefficient (Wildman–Crippen LogP) is 7.13. The predicted molar refractivity (Wildman–Crippen MR) is 136 cm³/mol. The van der Waals surface area contributed by atoms with Crippen LogP contribution in [0.3, 0.4) is 0 Å². The third kappa shape index (κ3) is 14.6. The monoisotopic (exact) mass is 443 g/mol. The molecule has 4 heteroatoms. The quantitative estimate of drug-likeness (QED) is 0.375. The molecule has 180 valence electrons. The van der Waals surface area contributed by atoms with Crippen LogP contribution in [0.1, 0.15) is 84.8 Å². The molecule has 0 amide bonds. The minimum Gasteiger partial charge on any atom is -0.494 e. The number of hydrogen-bond donors (Lipinski definition) is 1. The standard InChI is InChI=1S/C17H29NO.C9H10O2.C2H6/c1-5-12-18-16(6-2)11-13-19-17-9-7-15(8-10-17)14(3)4;1-8(10)11-7-9-5-3-2-4-6-9;1-2/h7-10,14,16,18H,5-6,11-13H2,1-4H3;2-6H,7H2,1H3;1-2H3/t16-;;/m0../s1. The largest absolute Gasteiger partial charge is 0.494 e. The Morgan fingerprint density at radius 1 is 0.969 bits per heavy atom. The molecule has 32 heavy (non-hydrogen) atoms. The molecular weight excluding hydrogens is 398 g/mol. The average molecular weight is 444 g/mol. The Labute approximate surface area is 196 Å². The van der Waals surface area contributed by atoms with E-state index in [0.29, 0.717) is 18.6 Å². The maximum atomic E-state index is 10.4. The van der Waals surface area contributed by atoms with Crippen molar-refractivity contribution in [3.8, 4) is 5.75 Å². The highest BCUT2D eigenvalue weighted by atomic mass is 16.5. The minimum atomic E-state index is -0.242. The Bertz CT molecular complexity index is 684. The van der Waals surface area contributed by atoms with Gasteiger partial charge in [-0.2, -0.15) is 0 Å². The van der Waals surface area contributed by atoms with E-state index in [1.165, 1.54) is 18.9 Å². The zero-order valence-corrected chi connectivity index (χ0v) is 21.3. The molecule has 1 atom stereocenters. The second-order valence-corrected chi connectivity index (χ2v) is 7.69. The second-order valence-electron chi connectivity index (χ2n) is 7.69. The van der Waals surface area contributed by atoms with Crippen LogP contribution in [0, 0.1) is 0 Å². The van der Waals surface area contributed by atoms with Crippen LogP contribution < -0.4 is 10.1 Å². The summed E-state index contributed by atoms with van der Waals surface area (Å²) in [6.45, 7) is 16.5. The normalized spacial score (nSPS) is 10.9. The van der Waals surface area contributed by atoms with Gasteiger partial charge in [-0.3, -0.25) is 4.79 Å². The van der Waals surface area contributed by atoms with Crippen molar-refractivity contribution in [1.82, 2.24) is 5.32 Å². The van der Waals surface area contributed by atoms with Crippen LogP contribution in [0.25, 0.3) is 0 Å². The van der Waals surface area contributed by atoms with Crippen LogP contribution in [-0.2, 0) is 16.1 Å². The van der Waals surface area contributed by atoms with Gasteiger partial charge in [-0.25, -0.2) is 0 Å². The molecule has 0 aliphatic carbocycles. The van der Waals surface area contributed by atoms with Crippen LogP contribution in [0.2, 0.25) is 0 Å². The maximum absolute atomic E-state index is 10.4. The Morgan fingerprint density at radius 3 is 2.09 bits per heavy atom. The van der Waals surface area contributed by atoms with Crippen LogP contribution >= 0.6 is 0 Å². The van der Waals surface area contributed by atoms with E-state index < -0.39 is 0 Å². The number of hydrogen-bond acceptors (Lipinski definition) is 4. The van der Waals surface area contributed by atoms with Gasteiger partial charge in [0.05, 0.1) is 6.61 Å². The topological polar surface area (TPSA) is 47.6 Å². The highest BCUT2D eigenvalue weighted by Gasteiger charge is 2.05. The Hall–Kier alpha value is -2.33. The van der Waals surface area contributed by atoms with Gasteiger partial charge in [-0.05, 0) is 55.0 Å². The lowest BCUT2D eigenvalue weighted by Crippen LogP contribution is -2.30. The molecular formula is C28H45NO3. The molecule has 0 aliphatic rings. The molecule has 0 unspecified atom stereocenters. The SMILES string of the molecule is CC.CC(=O)OCc1ccccc1.CCCN[C@@H](CC)CCOc1ccc(C(C)C)cc1. The van der Waals surface area contributed by atoms with Gasteiger partial charge in [0.1, 0.15) is 12.4 Å². The lowest BCUT2D eigenvalue weighted by Gasteiger charge is -2.17. The molecule has 0 fully saturated rings. The van der Waals surface area contributed by atoms with Gasteiger partial charge >= 0.3 is 5.97 Å². The first-order valence-corrected chi connectivity index (χ1v) is 12.1. The van der Waals surface area contributed by atoms with Crippen molar-refractivity contribution in [2.75, 3.05) is 13.2 Å². The van der Waals surface area contributed by atoms with Crippen LogP contribution in [0.4, 0.5) is 0 Å². The molecule has 0 radical (unpaired) electrons. The smallest absolute Gasteiger partial charge is 0.302 e. The van der Waals surface area contributed by atoms with Crippen molar-refractivity contribution in [2.45, 2.75) is 86.3 Å². The highest BCUT2D eigenvalue weighted by Crippen LogP contribution is 2.18. The Morgan fingerprint density at radius 2 is 1.59 bits per heavy atom. The summed E-state index contributed by atoms with van der Waals surface area (Å²) in [6, 6.07) is 18.7.